The molecule has 0 aromatic heterocycles. The Morgan fingerprint density at radius 2 is 1.76 bits per heavy atom. The average molecular weight is 254 g/mol. The Labute approximate surface area is 109 Å². The molecule has 1 unspecified atom stereocenters. The van der Waals surface area contributed by atoms with Gasteiger partial charge in [0.1, 0.15) is 0 Å². The number of hydrogen-bond donors (Lipinski definition) is 2. The van der Waals surface area contributed by atoms with Gasteiger partial charge in [-0.15, -0.1) is 0 Å². The highest BCUT2D eigenvalue weighted by atomic mass is 32.1. The van der Waals surface area contributed by atoms with Crippen LogP contribution in [-0.4, -0.2) is 16.9 Å². The van der Waals surface area contributed by atoms with Crippen LogP contribution in [0.5, 0.6) is 0 Å². The number of carbonyl (C=O) groups is 1. The van der Waals surface area contributed by atoms with Gasteiger partial charge in [0, 0.05) is 5.92 Å². The topological polar surface area (TPSA) is 55.1 Å². The number of carbonyl (C=O) groups excluding carboxylic acids is 1. The summed E-state index contributed by atoms with van der Waals surface area (Å²) in [5.41, 5.74) is 5.84. The van der Waals surface area contributed by atoms with Crippen molar-refractivity contribution in [3.63, 3.8) is 0 Å². The van der Waals surface area contributed by atoms with Crippen molar-refractivity contribution >= 4 is 23.1 Å². The van der Waals surface area contributed by atoms with Crippen molar-refractivity contribution < 1.29 is 4.79 Å². The summed E-state index contributed by atoms with van der Waals surface area (Å²) in [5, 5.41) is 3.05. The van der Waals surface area contributed by atoms with E-state index in [2.05, 4.69) is 33.0 Å². The van der Waals surface area contributed by atoms with Crippen molar-refractivity contribution in [3.05, 3.63) is 0 Å². The molecule has 1 atom stereocenters. The first-order valence-corrected chi connectivity index (χ1v) is 6.70. The number of hydrogen-bond acceptors (Lipinski definition) is 2. The number of nitrogens with two attached hydrogens (primary N) is 1. The maximum Gasteiger partial charge on any atom is 0.224 e. The smallest absolute Gasteiger partial charge is 0.224 e. The third-order valence-electron chi connectivity index (χ3n) is 4.98. The molecule has 2 saturated carbocycles. The van der Waals surface area contributed by atoms with Gasteiger partial charge in [-0.25, -0.2) is 0 Å². The Bertz CT molecular complexity index is 358. The van der Waals surface area contributed by atoms with E-state index in [0.29, 0.717) is 10.9 Å². The number of amides is 1. The lowest BCUT2D eigenvalue weighted by molar-refractivity contribution is -0.123. The molecule has 0 aliphatic heterocycles. The molecular weight excluding hydrogens is 232 g/mol. The van der Waals surface area contributed by atoms with Gasteiger partial charge in [-0.2, -0.15) is 0 Å². The SMILES string of the molecule is CC1(C)C(C(=O)NC(C(N)=S)C2CC2)C1(C)C. The maximum absolute atomic E-state index is 12.3. The zero-order valence-electron chi connectivity index (χ0n) is 11.0. The first-order chi connectivity index (χ1) is 7.69. The monoisotopic (exact) mass is 254 g/mol. The Balaban J connectivity index is 2.00. The number of nitrogens with one attached hydrogen (secondary N) is 1. The maximum atomic E-state index is 12.3. The minimum absolute atomic E-state index is 0.0708. The summed E-state index contributed by atoms with van der Waals surface area (Å²) in [7, 11) is 0. The van der Waals surface area contributed by atoms with Gasteiger partial charge in [0.15, 0.2) is 0 Å². The first kappa shape index (κ1) is 12.8. The molecule has 0 spiro atoms. The molecule has 17 heavy (non-hydrogen) atoms. The average Bonchev–Trinajstić information content (AvgIpc) is 3.01. The summed E-state index contributed by atoms with van der Waals surface area (Å²) in [5.74, 6) is 0.664. The van der Waals surface area contributed by atoms with Crippen molar-refractivity contribution in [1.82, 2.24) is 5.32 Å². The molecule has 2 fully saturated rings. The molecule has 0 heterocycles. The van der Waals surface area contributed by atoms with E-state index in [1.807, 2.05) is 0 Å². The Hall–Kier alpha value is -0.640. The van der Waals surface area contributed by atoms with Crippen LogP contribution in [0.2, 0.25) is 0 Å². The van der Waals surface area contributed by atoms with Crippen molar-refractivity contribution in [3.8, 4) is 0 Å². The fourth-order valence-corrected chi connectivity index (χ4v) is 3.19. The molecule has 0 saturated heterocycles. The van der Waals surface area contributed by atoms with Crippen LogP contribution >= 0.6 is 12.2 Å². The minimum atomic E-state index is -0.0929. The summed E-state index contributed by atoms with van der Waals surface area (Å²) < 4.78 is 0. The second-order valence-corrected chi connectivity index (χ2v) is 7.07. The fourth-order valence-electron chi connectivity index (χ4n) is 2.94. The van der Waals surface area contributed by atoms with E-state index in [-0.39, 0.29) is 28.7 Å². The second-order valence-electron chi connectivity index (χ2n) is 6.60. The van der Waals surface area contributed by atoms with Gasteiger partial charge in [-0.3, -0.25) is 4.79 Å². The third kappa shape index (κ3) is 1.96. The van der Waals surface area contributed by atoms with Crippen LogP contribution in [0.15, 0.2) is 0 Å². The van der Waals surface area contributed by atoms with E-state index in [1.165, 1.54) is 0 Å². The molecule has 2 rings (SSSR count). The van der Waals surface area contributed by atoms with Crippen LogP contribution in [0.4, 0.5) is 0 Å². The van der Waals surface area contributed by atoms with E-state index < -0.39 is 0 Å². The lowest BCUT2D eigenvalue weighted by Crippen LogP contribution is -2.46. The lowest BCUT2D eigenvalue weighted by Gasteiger charge is -2.17. The molecule has 4 heteroatoms. The summed E-state index contributed by atoms with van der Waals surface area (Å²) in [6.45, 7) is 8.57. The minimum Gasteiger partial charge on any atom is -0.392 e. The van der Waals surface area contributed by atoms with E-state index in [4.69, 9.17) is 18.0 Å². The summed E-state index contributed by atoms with van der Waals surface area (Å²) >= 11 is 5.04. The zero-order chi connectivity index (χ0) is 13.0. The van der Waals surface area contributed by atoms with Gasteiger partial charge in [0.25, 0.3) is 0 Å². The summed E-state index contributed by atoms with van der Waals surface area (Å²) in [4.78, 5) is 12.7. The molecule has 3 N–H and O–H groups in total. The van der Waals surface area contributed by atoms with Crippen LogP contribution in [0.3, 0.4) is 0 Å². The first-order valence-electron chi connectivity index (χ1n) is 6.29. The predicted octanol–water partition coefficient (Wildman–Crippen LogP) is 1.85. The van der Waals surface area contributed by atoms with Gasteiger partial charge in [0.2, 0.25) is 5.91 Å². The van der Waals surface area contributed by atoms with Crippen LogP contribution in [0.1, 0.15) is 40.5 Å². The zero-order valence-corrected chi connectivity index (χ0v) is 11.9. The van der Waals surface area contributed by atoms with Gasteiger partial charge < -0.3 is 11.1 Å². The van der Waals surface area contributed by atoms with Crippen molar-refractivity contribution in [2.24, 2.45) is 28.4 Å². The van der Waals surface area contributed by atoms with E-state index >= 15 is 0 Å². The fraction of sp³-hybridized carbons (Fsp3) is 0.846. The number of thiocarbonyl (C=S) groups is 1. The summed E-state index contributed by atoms with van der Waals surface area (Å²) in [6, 6.07) is -0.0929. The van der Waals surface area contributed by atoms with Crippen molar-refractivity contribution in [2.75, 3.05) is 0 Å². The molecule has 1 amide bonds. The molecular formula is C13H22N2OS. The molecule has 0 radical (unpaired) electrons. The highest BCUT2D eigenvalue weighted by Crippen LogP contribution is 2.68. The van der Waals surface area contributed by atoms with Crippen LogP contribution in [0.25, 0.3) is 0 Å². The molecule has 3 nitrogen and oxygen atoms in total. The molecule has 0 aromatic carbocycles. The van der Waals surface area contributed by atoms with Crippen LogP contribution in [-0.2, 0) is 4.79 Å². The highest BCUT2D eigenvalue weighted by Gasteiger charge is 2.68. The predicted molar refractivity (Wildman–Crippen MR) is 72.5 cm³/mol. The summed E-state index contributed by atoms with van der Waals surface area (Å²) in [6.07, 6.45) is 2.25. The van der Waals surface area contributed by atoms with Crippen LogP contribution in [0, 0.1) is 22.7 Å². The molecule has 0 aromatic rings. The quantitative estimate of drug-likeness (QED) is 0.753. The Morgan fingerprint density at radius 1 is 1.29 bits per heavy atom. The van der Waals surface area contributed by atoms with E-state index in [1.54, 1.807) is 0 Å². The van der Waals surface area contributed by atoms with E-state index in [0.717, 1.165) is 12.8 Å². The van der Waals surface area contributed by atoms with Gasteiger partial charge in [0.05, 0.1) is 11.0 Å². The second kappa shape index (κ2) is 3.67. The Morgan fingerprint density at radius 3 is 2.06 bits per heavy atom. The normalized spacial score (nSPS) is 27.3. The molecule has 2 aliphatic carbocycles. The van der Waals surface area contributed by atoms with Crippen molar-refractivity contribution in [1.29, 1.82) is 0 Å². The largest absolute Gasteiger partial charge is 0.392 e. The molecule has 2 aliphatic rings. The van der Waals surface area contributed by atoms with Gasteiger partial charge in [-0.1, -0.05) is 39.9 Å². The van der Waals surface area contributed by atoms with Gasteiger partial charge >= 0.3 is 0 Å². The third-order valence-corrected chi connectivity index (χ3v) is 5.23. The van der Waals surface area contributed by atoms with Crippen LogP contribution < -0.4 is 11.1 Å². The Kier molecular flexibility index (Phi) is 2.77. The van der Waals surface area contributed by atoms with Crippen molar-refractivity contribution in [2.45, 2.75) is 46.6 Å². The van der Waals surface area contributed by atoms with E-state index in [9.17, 15) is 4.79 Å². The molecule has 0 bridgehead atoms. The standard InChI is InChI=1S/C13H22N2OS/c1-12(2)9(13(12,3)4)11(16)15-8(10(14)17)7-5-6-7/h7-9H,5-6H2,1-4H3,(H2,14,17)(H,15,16). The molecule has 96 valence electrons. The lowest BCUT2D eigenvalue weighted by atomic mass is 10.0. The number of rotatable bonds is 4. The highest BCUT2D eigenvalue weighted by molar-refractivity contribution is 7.80. The van der Waals surface area contributed by atoms with Gasteiger partial charge in [-0.05, 0) is 29.6 Å².